The van der Waals surface area contributed by atoms with Crippen molar-refractivity contribution in [3.8, 4) is 11.5 Å². The van der Waals surface area contributed by atoms with E-state index in [0.29, 0.717) is 16.4 Å². The van der Waals surface area contributed by atoms with Gasteiger partial charge in [0.25, 0.3) is 0 Å². The molecule has 0 amide bonds. The molecule has 0 unspecified atom stereocenters. The first-order valence-corrected chi connectivity index (χ1v) is 7.18. The van der Waals surface area contributed by atoms with E-state index in [1.807, 2.05) is 6.92 Å². The Morgan fingerprint density at radius 1 is 1.29 bits per heavy atom. The number of hydrogen-bond acceptors (Lipinski definition) is 5. The SMILES string of the molecule is CO[C@H](C)COC(=O)c1cc(Oc2ccc(F)cc2)cs1. The molecule has 0 aliphatic heterocycles. The van der Waals surface area contributed by atoms with Crippen LogP contribution in [0, 0.1) is 5.82 Å². The zero-order chi connectivity index (χ0) is 15.2. The van der Waals surface area contributed by atoms with Gasteiger partial charge in [0.05, 0.1) is 6.10 Å². The third-order valence-corrected chi connectivity index (χ3v) is 3.57. The summed E-state index contributed by atoms with van der Waals surface area (Å²) in [7, 11) is 1.55. The van der Waals surface area contributed by atoms with E-state index in [0.717, 1.165) is 0 Å². The largest absolute Gasteiger partial charge is 0.459 e. The number of thiophene rings is 1. The Kier molecular flexibility index (Phi) is 5.30. The highest BCUT2D eigenvalue weighted by atomic mass is 32.1. The minimum atomic E-state index is -0.419. The van der Waals surface area contributed by atoms with E-state index in [9.17, 15) is 9.18 Å². The predicted molar refractivity (Wildman–Crippen MR) is 77.5 cm³/mol. The molecule has 1 aromatic heterocycles. The van der Waals surface area contributed by atoms with Crippen LogP contribution in [0.1, 0.15) is 16.6 Å². The zero-order valence-corrected chi connectivity index (χ0v) is 12.5. The van der Waals surface area contributed by atoms with Gasteiger partial charge in [0.15, 0.2) is 0 Å². The van der Waals surface area contributed by atoms with E-state index in [2.05, 4.69) is 0 Å². The van der Waals surface area contributed by atoms with Crippen molar-refractivity contribution in [1.82, 2.24) is 0 Å². The highest BCUT2D eigenvalue weighted by Gasteiger charge is 2.13. The number of hydrogen-bond donors (Lipinski definition) is 0. The molecule has 6 heteroatoms. The first-order valence-electron chi connectivity index (χ1n) is 6.30. The summed E-state index contributed by atoms with van der Waals surface area (Å²) in [6.07, 6.45) is -0.149. The Morgan fingerprint density at radius 3 is 2.67 bits per heavy atom. The standard InChI is InChI=1S/C15H15FO4S/c1-10(18-2)8-19-15(17)14-7-13(9-21-14)20-12-5-3-11(16)4-6-12/h3-7,9-10H,8H2,1-2H3/t10-/m1/s1. The first kappa shape index (κ1) is 15.5. The van der Waals surface area contributed by atoms with Crippen LogP contribution in [0.25, 0.3) is 0 Å². The summed E-state index contributed by atoms with van der Waals surface area (Å²) in [5, 5.41) is 1.69. The number of ether oxygens (including phenoxy) is 3. The van der Waals surface area contributed by atoms with Crippen LogP contribution >= 0.6 is 11.3 Å². The van der Waals surface area contributed by atoms with E-state index < -0.39 is 5.97 Å². The third-order valence-electron chi connectivity index (χ3n) is 2.68. The van der Waals surface area contributed by atoms with Gasteiger partial charge in [0, 0.05) is 18.6 Å². The van der Waals surface area contributed by atoms with Crippen molar-refractivity contribution in [2.24, 2.45) is 0 Å². The lowest BCUT2D eigenvalue weighted by Crippen LogP contribution is -2.16. The van der Waals surface area contributed by atoms with Crippen LogP contribution in [0.15, 0.2) is 35.7 Å². The smallest absolute Gasteiger partial charge is 0.348 e. The summed E-state index contributed by atoms with van der Waals surface area (Å²) >= 11 is 1.22. The summed E-state index contributed by atoms with van der Waals surface area (Å²) in [6, 6.07) is 7.25. The minimum Gasteiger partial charge on any atom is -0.459 e. The van der Waals surface area contributed by atoms with Crippen molar-refractivity contribution in [3.05, 3.63) is 46.4 Å². The van der Waals surface area contributed by atoms with Crippen LogP contribution < -0.4 is 4.74 Å². The molecule has 0 aliphatic rings. The summed E-state index contributed by atoms with van der Waals surface area (Å²) < 4.78 is 28.4. The fourth-order valence-corrected chi connectivity index (χ4v) is 2.15. The molecule has 21 heavy (non-hydrogen) atoms. The molecule has 0 radical (unpaired) electrons. The molecule has 2 rings (SSSR count). The van der Waals surface area contributed by atoms with Crippen LogP contribution in [0.4, 0.5) is 4.39 Å². The fourth-order valence-electron chi connectivity index (χ4n) is 1.45. The van der Waals surface area contributed by atoms with Gasteiger partial charge in [-0.15, -0.1) is 11.3 Å². The average molecular weight is 310 g/mol. The van der Waals surface area contributed by atoms with Gasteiger partial charge in [-0.25, -0.2) is 9.18 Å². The Morgan fingerprint density at radius 2 is 2.00 bits per heavy atom. The zero-order valence-electron chi connectivity index (χ0n) is 11.7. The summed E-state index contributed by atoms with van der Waals surface area (Å²) in [6.45, 7) is 2.01. The van der Waals surface area contributed by atoms with Gasteiger partial charge in [0.2, 0.25) is 0 Å². The van der Waals surface area contributed by atoms with E-state index in [1.165, 1.54) is 35.6 Å². The van der Waals surface area contributed by atoms with Crippen LogP contribution in [0.3, 0.4) is 0 Å². The molecule has 0 fully saturated rings. The summed E-state index contributed by atoms with van der Waals surface area (Å²) in [5.41, 5.74) is 0. The number of methoxy groups -OCH3 is 1. The van der Waals surface area contributed by atoms with Crippen LogP contribution in [0.2, 0.25) is 0 Å². The maximum atomic E-state index is 12.8. The van der Waals surface area contributed by atoms with E-state index in [-0.39, 0.29) is 18.5 Å². The van der Waals surface area contributed by atoms with Gasteiger partial charge in [0.1, 0.15) is 28.8 Å². The highest BCUT2D eigenvalue weighted by Crippen LogP contribution is 2.27. The maximum Gasteiger partial charge on any atom is 0.348 e. The third kappa shape index (κ3) is 4.54. The number of rotatable bonds is 6. The highest BCUT2D eigenvalue weighted by molar-refractivity contribution is 7.12. The van der Waals surface area contributed by atoms with Gasteiger partial charge in [-0.3, -0.25) is 0 Å². The number of benzene rings is 1. The van der Waals surface area contributed by atoms with Crippen molar-refractivity contribution in [3.63, 3.8) is 0 Å². The number of halogens is 1. The van der Waals surface area contributed by atoms with Gasteiger partial charge < -0.3 is 14.2 Å². The minimum absolute atomic E-state index is 0.149. The second-order valence-corrected chi connectivity index (χ2v) is 5.26. The second-order valence-electron chi connectivity index (χ2n) is 4.35. The number of carbonyl (C=O) groups is 1. The van der Waals surface area contributed by atoms with Gasteiger partial charge in [-0.1, -0.05) is 0 Å². The summed E-state index contributed by atoms with van der Waals surface area (Å²) in [4.78, 5) is 12.2. The molecule has 0 bridgehead atoms. The quantitative estimate of drug-likeness (QED) is 0.760. The Balaban J connectivity index is 1.94. The van der Waals surface area contributed by atoms with Gasteiger partial charge >= 0.3 is 5.97 Å². The second kappa shape index (κ2) is 7.19. The molecule has 1 heterocycles. The van der Waals surface area contributed by atoms with Crippen LogP contribution in [0.5, 0.6) is 11.5 Å². The molecular weight excluding hydrogens is 295 g/mol. The lowest BCUT2D eigenvalue weighted by Gasteiger charge is -2.08. The molecule has 0 spiro atoms. The molecule has 0 aliphatic carbocycles. The Labute approximate surface area is 126 Å². The fraction of sp³-hybridized carbons (Fsp3) is 0.267. The van der Waals surface area contributed by atoms with E-state index in [1.54, 1.807) is 18.6 Å². The molecule has 0 saturated carbocycles. The summed E-state index contributed by atoms with van der Waals surface area (Å²) in [5.74, 6) is 0.266. The van der Waals surface area contributed by atoms with E-state index >= 15 is 0 Å². The van der Waals surface area contributed by atoms with Gasteiger partial charge in [-0.05, 0) is 31.2 Å². The molecule has 0 N–H and O–H groups in total. The average Bonchev–Trinajstić information content (AvgIpc) is 2.95. The van der Waals surface area contributed by atoms with Crippen LogP contribution in [-0.4, -0.2) is 25.8 Å². The number of carbonyl (C=O) groups excluding carboxylic acids is 1. The maximum absolute atomic E-state index is 12.8. The van der Waals surface area contributed by atoms with Crippen molar-refractivity contribution in [2.75, 3.05) is 13.7 Å². The Hall–Kier alpha value is -1.92. The first-order chi connectivity index (χ1) is 10.1. The molecule has 112 valence electrons. The lowest BCUT2D eigenvalue weighted by atomic mass is 10.3. The van der Waals surface area contributed by atoms with Crippen molar-refractivity contribution in [1.29, 1.82) is 0 Å². The molecular formula is C15H15FO4S. The molecule has 2 aromatic rings. The number of esters is 1. The van der Waals surface area contributed by atoms with E-state index in [4.69, 9.17) is 14.2 Å². The molecule has 4 nitrogen and oxygen atoms in total. The normalized spacial score (nSPS) is 12.0. The monoisotopic (exact) mass is 310 g/mol. The molecule has 0 saturated heterocycles. The van der Waals surface area contributed by atoms with Crippen molar-refractivity contribution in [2.45, 2.75) is 13.0 Å². The predicted octanol–water partition coefficient (Wildman–Crippen LogP) is 3.87. The van der Waals surface area contributed by atoms with Gasteiger partial charge in [-0.2, -0.15) is 0 Å². The van der Waals surface area contributed by atoms with Crippen molar-refractivity contribution < 1.29 is 23.4 Å². The van der Waals surface area contributed by atoms with Crippen LogP contribution in [-0.2, 0) is 9.47 Å². The topological polar surface area (TPSA) is 44.8 Å². The van der Waals surface area contributed by atoms with Crippen molar-refractivity contribution >= 4 is 17.3 Å². The lowest BCUT2D eigenvalue weighted by molar-refractivity contribution is 0.0173. The molecule has 1 atom stereocenters. The molecule has 1 aromatic carbocycles. The Bertz CT molecular complexity index is 594.